The summed E-state index contributed by atoms with van der Waals surface area (Å²) >= 11 is 3.42. The number of nitrogens with zero attached hydrogens (tertiary/aromatic N) is 1. The third-order valence-corrected chi connectivity index (χ3v) is 3.73. The van der Waals surface area contributed by atoms with Gasteiger partial charge in [-0.25, -0.2) is 0 Å². The van der Waals surface area contributed by atoms with Gasteiger partial charge in [0, 0.05) is 15.9 Å². The molecule has 106 valence electrons. The minimum Gasteiger partial charge on any atom is -0.488 e. The Balaban J connectivity index is 1.90. The zero-order valence-corrected chi connectivity index (χ0v) is 12.9. The zero-order chi connectivity index (χ0) is 14.7. The second kappa shape index (κ2) is 6.24. The minimum atomic E-state index is -0.0977. The van der Waals surface area contributed by atoms with Gasteiger partial charge in [0.15, 0.2) is 0 Å². The summed E-state index contributed by atoms with van der Waals surface area (Å²) in [6, 6.07) is 17.6. The quantitative estimate of drug-likeness (QED) is 0.776. The number of hydrogen-bond donors (Lipinski definition) is 1. The first kappa shape index (κ1) is 14.0. The lowest BCUT2D eigenvalue weighted by Gasteiger charge is -2.11. The molecule has 0 saturated carbocycles. The van der Waals surface area contributed by atoms with E-state index in [1.807, 2.05) is 48.5 Å². The van der Waals surface area contributed by atoms with Crippen molar-refractivity contribution >= 4 is 26.8 Å². The fourth-order valence-electron chi connectivity index (χ4n) is 2.14. The summed E-state index contributed by atoms with van der Waals surface area (Å²) in [6.45, 7) is 0.381. The molecule has 0 radical (unpaired) electrons. The molecule has 0 spiro atoms. The minimum absolute atomic E-state index is 0.0977. The molecule has 0 aliphatic carbocycles. The van der Waals surface area contributed by atoms with E-state index in [0.717, 1.165) is 26.7 Å². The number of fused-ring (bicyclic) bond motifs is 1. The first-order valence-electron chi connectivity index (χ1n) is 6.63. The van der Waals surface area contributed by atoms with Crippen LogP contribution < -0.4 is 4.74 Å². The topological polar surface area (TPSA) is 42.4 Å². The zero-order valence-electron chi connectivity index (χ0n) is 11.3. The van der Waals surface area contributed by atoms with Crippen LogP contribution >= 0.6 is 15.9 Å². The fourth-order valence-corrected chi connectivity index (χ4v) is 2.40. The SMILES string of the molecule is OCc1cc(OCc2ccc(Br)cc2)c2ccccc2n1. The number of hydrogen-bond acceptors (Lipinski definition) is 3. The van der Waals surface area contributed by atoms with Gasteiger partial charge >= 0.3 is 0 Å². The van der Waals surface area contributed by atoms with Gasteiger partial charge in [0.25, 0.3) is 0 Å². The van der Waals surface area contributed by atoms with Crippen LogP contribution in [0.15, 0.2) is 59.1 Å². The van der Waals surface area contributed by atoms with Crippen molar-refractivity contribution in [1.82, 2.24) is 4.98 Å². The Morgan fingerprint density at radius 1 is 1.05 bits per heavy atom. The van der Waals surface area contributed by atoms with Gasteiger partial charge in [-0.15, -0.1) is 0 Å². The van der Waals surface area contributed by atoms with Crippen LogP contribution in [0.2, 0.25) is 0 Å². The molecule has 0 amide bonds. The lowest BCUT2D eigenvalue weighted by atomic mass is 10.2. The number of ether oxygens (including phenoxy) is 1. The molecule has 2 aromatic carbocycles. The molecular formula is C17H14BrNO2. The molecule has 3 nitrogen and oxygen atoms in total. The van der Waals surface area contributed by atoms with Crippen molar-refractivity contribution in [2.75, 3.05) is 0 Å². The van der Waals surface area contributed by atoms with Crippen molar-refractivity contribution in [3.05, 3.63) is 70.3 Å². The molecule has 3 aromatic rings. The second-order valence-corrected chi connectivity index (χ2v) is 5.62. The summed E-state index contributed by atoms with van der Waals surface area (Å²) in [5.41, 5.74) is 2.53. The van der Waals surface area contributed by atoms with Gasteiger partial charge in [-0.3, -0.25) is 4.98 Å². The van der Waals surface area contributed by atoms with Crippen LogP contribution in [0.25, 0.3) is 10.9 Å². The molecule has 0 fully saturated rings. The number of benzene rings is 2. The molecule has 1 aromatic heterocycles. The van der Waals surface area contributed by atoms with Crippen LogP contribution in [0.4, 0.5) is 0 Å². The van der Waals surface area contributed by atoms with Gasteiger partial charge in [-0.1, -0.05) is 40.2 Å². The molecule has 0 saturated heterocycles. The van der Waals surface area contributed by atoms with Gasteiger partial charge in [0.05, 0.1) is 17.8 Å². The Labute approximate surface area is 131 Å². The molecule has 1 N–H and O–H groups in total. The number of para-hydroxylation sites is 1. The highest BCUT2D eigenvalue weighted by Gasteiger charge is 2.06. The van der Waals surface area contributed by atoms with Crippen LogP contribution in [0.5, 0.6) is 5.75 Å². The molecule has 0 bridgehead atoms. The lowest BCUT2D eigenvalue weighted by Crippen LogP contribution is -1.99. The summed E-state index contributed by atoms with van der Waals surface area (Å²) in [5.74, 6) is 0.743. The van der Waals surface area contributed by atoms with E-state index in [-0.39, 0.29) is 6.61 Å². The summed E-state index contributed by atoms with van der Waals surface area (Å²) in [5, 5.41) is 10.3. The maximum atomic E-state index is 9.31. The first-order valence-corrected chi connectivity index (χ1v) is 7.42. The third-order valence-electron chi connectivity index (χ3n) is 3.20. The predicted molar refractivity (Wildman–Crippen MR) is 86.1 cm³/mol. The molecular weight excluding hydrogens is 330 g/mol. The van der Waals surface area contributed by atoms with E-state index in [2.05, 4.69) is 20.9 Å². The van der Waals surface area contributed by atoms with Gasteiger partial charge in [-0.05, 0) is 29.8 Å². The standard InChI is InChI=1S/C17H14BrNO2/c18-13-7-5-12(6-8-13)11-21-17-9-14(10-20)19-16-4-2-1-3-15(16)17/h1-9,20H,10-11H2. The summed E-state index contributed by atoms with van der Waals surface area (Å²) < 4.78 is 6.97. The van der Waals surface area contributed by atoms with Crippen molar-refractivity contribution < 1.29 is 9.84 Å². The van der Waals surface area contributed by atoms with Gasteiger partial charge in [0.2, 0.25) is 0 Å². The van der Waals surface area contributed by atoms with E-state index in [9.17, 15) is 5.11 Å². The molecule has 0 atom stereocenters. The first-order chi connectivity index (χ1) is 10.3. The number of pyridine rings is 1. The Kier molecular flexibility index (Phi) is 4.18. The highest BCUT2D eigenvalue weighted by Crippen LogP contribution is 2.26. The molecule has 3 rings (SSSR count). The molecule has 4 heteroatoms. The van der Waals surface area contributed by atoms with Crippen molar-refractivity contribution in [1.29, 1.82) is 0 Å². The molecule has 0 aliphatic heterocycles. The Hall–Kier alpha value is -1.91. The maximum absolute atomic E-state index is 9.31. The number of rotatable bonds is 4. The Morgan fingerprint density at radius 2 is 1.81 bits per heavy atom. The van der Waals surface area contributed by atoms with E-state index >= 15 is 0 Å². The monoisotopic (exact) mass is 343 g/mol. The summed E-state index contributed by atoms with van der Waals surface area (Å²) in [7, 11) is 0. The van der Waals surface area contributed by atoms with E-state index in [0.29, 0.717) is 12.3 Å². The van der Waals surface area contributed by atoms with Crippen LogP contribution in [0.1, 0.15) is 11.3 Å². The van der Waals surface area contributed by atoms with Crippen molar-refractivity contribution in [3.8, 4) is 5.75 Å². The highest BCUT2D eigenvalue weighted by atomic mass is 79.9. The van der Waals surface area contributed by atoms with E-state index in [1.165, 1.54) is 0 Å². The van der Waals surface area contributed by atoms with Crippen molar-refractivity contribution in [3.63, 3.8) is 0 Å². The Bertz CT molecular complexity index is 756. The predicted octanol–water partition coefficient (Wildman–Crippen LogP) is 4.07. The lowest BCUT2D eigenvalue weighted by molar-refractivity contribution is 0.274. The number of aliphatic hydroxyl groups excluding tert-OH is 1. The average Bonchev–Trinajstić information content (AvgIpc) is 2.53. The van der Waals surface area contributed by atoms with Crippen LogP contribution in [0.3, 0.4) is 0 Å². The number of halogens is 1. The molecule has 21 heavy (non-hydrogen) atoms. The van der Waals surface area contributed by atoms with Crippen molar-refractivity contribution in [2.45, 2.75) is 13.2 Å². The number of aliphatic hydroxyl groups is 1. The second-order valence-electron chi connectivity index (χ2n) is 4.70. The van der Waals surface area contributed by atoms with Crippen LogP contribution in [-0.4, -0.2) is 10.1 Å². The molecule has 0 aliphatic rings. The molecule has 0 unspecified atom stereocenters. The van der Waals surface area contributed by atoms with E-state index < -0.39 is 0 Å². The highest BCUT2D eigenvalue weighted by molar-refractivity contribution is 9.10. The van der Waals surface area contributed by atoms with Gasteiger partial charge in [-0.2, -0.15) is 0 Å². The van der Waals surface area contributed by atoms with E-state index in [4.69, 9.17) is 4.74 Å². The van der Waals surface area contributed by atoms with Crippen molar-refractivity contribution in [2.24, 2.45) is 0 Å². The van der Waals surface area contributed by atoms with Gasteiger partial charge < -0.3 is 9.84 Å². The smallest absolute Gasteiger partial charge is 0.131 e. The normalized spacial score (nSPS) is 10.8. The number of aromatic nitrogens is 1. The van der Waals surface area contributed by atoms with E-state index in [1.54, 1.807) is 6.07 Å². The van der Waals surface area contributed by atoms with Gasteiger partial charge in [0.1, 0.15) is 12.4 Å². The third kappa shape index (κ3) is 3.23. The fraction of sp³-hybridized carbons (Fsp3) is 0.118. The summed E-state index contributed by atoms with van der Waals surface area (Å²) in [4.78, 5) is 4.38. The molecule has 1 heterocycles. The maximum Gasteiger partial charge on any atom is 0.131 e. The van der Waals surface area contributed by atoms with Crippen LogP contribution in [0, 0.1) is 0 Å². The van der Waals surface area contributed by atoms with Crippen LogP contribution in [-0.2, 0) is 13.2 Å². The Morgan fingerprint density at radius 3 is 2.57 bits per heavy atom. The average molecular weight is 344 g/mol. The summed E-state index contributed by atoms with van der Waals surface area (Å²) in [6.07, 6.45) is 0. The largest absolute Gasteiger partial charge is 0.488 e.